The fraction of sp³-hybridized carbons (Fsp3) is 0.292. The number of pyridine rings is 1. The quantitative estimate of drug-likeness (QED) is 0.383. The van der Waals surface area contributed by atoms with Crippen LogP contribution < -0.4 is 20.3 Å². The van der Waals surface area contributed by atoms with Crippen LogP contribution in [0, 0.1) is 0 Å². The number of methoxy groups -OCH3 is 2. The van der Waals surface area contributed by atoms with E-state index in [1.54, 1.807) is 23.1 Å². The minimum Gasteiger partial charge on any atom is -0.495 e. The summed E-state index contributed by atoms with van der Waals surface area (Å²) in [6.07, 6.45) is 6.48. The number of amides is 1. The number of halogens is 2. The van der Waals surface area contributed by atoms with Gasteiger partial charge in [0.1, 0.15) is 38.2 Å². The summed E-state index contributed by atoms with van der Waals surface area (Å²) >= 11 is 13.2. The molecule has 0 bridgehead atoms. The van der Waals surface area contributed by atoms with Gasteiger partial charge in [-0.15, -0.1) is 0 Å². The third-order valence-electron chi connectivity index (χ3n) is 5.97. The van der Waals surface area contributed by atoms with Gasteiger partial charge in [-0.05, 0) is 18.6 Å². The van der Waals surface area contributed by atoms with Crippen molar-refractivity contribution in [3.05, 3.63) is 52.3 Å². The molecule has 37 heavy (non-hydrogen) atoms. The molecule has 1 aromatic carbocycles. The first kappa shape index (κ1) is 26.8. The Kier molecular flexibility index (Phi) is 7.96. The summed E-state index contributed by atoms with van der Waals surface area (Å²) in [4.78, 5) is 26.2. The molecule has 4 heterocycles. The first-order valence-corrected chi connectivity index (χ1v) is 11.9. The van der Waals surface area contributed by atoms with Crippen molar-refractivity contribution in [1.29, 1.82) is 0 Å². The minimum absolute atomic E-state index is 0. The van der Waals surface area contributed by atoms with Crippen molar-refractivity contribution in [2.24, 2.45) is 12.0 Å². The monoisotopic (exact) mass is 561 g/mol. The molecule has 1 atom stereocenters. The van der Waals surface area contributed by atoms with Gasteiger partial charge in [-0.25, -0.2) is 9.98 Å². The van der Waals surface area contributed by atoms with Crippen LogP contribution in [0.4, 0.5) is 5.69 Å². The van der Waals surface area contributed by atoms with Crippen molar-refractivity contribution >= 4 is 59.5 Å². The zero-order valence-corrected chi connectivity index (χ0v) is 22.8. The first-order chi connectivity index (χ1) is 17.4. The van der Waals surface area contributed by atoms with E-state index in [1.165, 1.54) is 14.2 Å². The number of nitrogens with one attached hydrogen (secondary N) is 1. The van der Waals surface area contributed by atoms with Gasteiger partial charge in [-0.1, -0.05) is 23.2 Å². The molecule has 0 aliphatic carbocycles. The van der Waals surface area contributed by atoms with Crippen molar-refractivity contribution in [2.45, 2.75) is 25.4 Å². The van der Waals surface area contributed by atoms with Gasteiger partial charge in [0.2, 0.25) is 5.91 Å². The molecule has 194 valence electrons. The molecule has 0 saturated carbocycles. The Hall–Kier alpha value is -3.28. The summed E-state index contributed by atoms with van der Waals surface area (Å²) in [5.41, 5.74) is 3.59. The van der Waals surface area contributed by atoms with Crippen LogP contribution in [0.3, 0.4) is 0 Å². The van der Waals surface area contributed by atoms with E-state index in [-0.39, 0.29) is 35.5 Å². The van der Waals surface area contributed by atoms with Gasteiger partial charge in [0.05, 0.1) is 32.3 Å². The van der Waals surface area contributed by atoms with Crippen LogP contribution >= 0.6 is 36.7 Å². The maximum atomic E-state index is 11.9. The van der Waals surface area contributed by atoms with Gasteiger partial charge >= 0.3 is 0 Å². The number of fused-ring (bicyclic) bond motifs is 1. The molecular weight excluding hydrogens is 537 g/mol. The van der Waals surface area contributed by atoms with E-state index in [0.29, 0.717) is 58.9 Å². The van der Waals surface area contributed by atoms with Crippen LogP contribution in [0.2, 0.25) is 10.0 Å². The third-order valence-corrected chi connectivity index (χ3v) is 6.70. The SMILES string of the molecule is COc1cc(OC)c(Cl)c(N=c2ccc3ncc(-c4cnn(C)c4)nc3n2CC2CCC(=O)N2)c1Cl.S. The van der Waals surface area contributed by atoms with Crippen LogP contribution in [0.15, 0.2) is 41.8 Å². The lowest BCUT2D eigenvalue weighted by molar-refractivity contribution is -0.119. The van der Waals surface area contributed by atoms with Crippen molar-refractivity contribution in [1.82, 2.24) is 29.6 Å². The molecule has 1 aliphatic rings. The molecule has 1 amide bonds. The van der Waals surface area contributed by atoms with Crippen molar-refractivity contribution in [2.75, 3.05) is 14.2 Å². The van der Waals surface area contributed by atoms with Crippen LogP contribution in [0.1, 0.15) is 12.8 Å². The van der Waals surface area contributed by atoms with Gasteiger partial charge < -0.3 is 19.4 Å². The second-order valence-corrected chi connectivity index (χ2v) is 9.10. The zero-order valence-electron chi connectivity index (χ0n) is 20.3. The number of rotatable bonds is 6. The molecule has 1 saturated heterocycles. The number of hydrogen-bond acceptors (Lipinski definition) is 7. The highest BCUT2D eigenvalue weighted by Gasteiger charge is 2.23. The molecule has 1 aliphatic heterocycles. The zero-order chi connectivity index (χ0) is 25.4. The Labute approximate surface area is 229 Å². The number of aromatic nitrogens is 5. The van der Waals surface area contributed by atoms with E-state index >= 15 is 0 Å². The lowest BCUT2D eigenvalue weighted by atomic mass is 10.2. The lowest BCUT2D eigenvalue weighted by Crippen LogP contribution is -2.34. The van der Waals surface area contributed by atoms with Crippen LogP contribution in [-0.2, 0) is 18.4 Å². The van der Waals surface area contributed by atoms with Gasteiger partial charge in [-0.3, -0.25) is 14.5 Å². The molecule has 1 unspecified atom stereocenters. The summed E-state index contributed by atoms with van der Waals surface area (Å²) in [6, 6.07) is 5.17. The largest absolute Gasteiger partial charge is 0.495 e. The number of ether oxygens (including phenoxy) is 2. The normalized spacial score (nSPS) is 15.5. The third kappa shape index (κ3) is 5.25. The number of aryl methyl sites for hydroxylation is 1. The van der Waals surface area contributed by atoms with Gasteiger partial charge in [0, 0.05) is 43.9 Å². The van der Waals surface area contributed by atoms with Gasteiger partial charge in [0.25, 0.3) is 0 Å². The summed E-state index contributed by atoms with van der Waals surface area (Å²) in [5.74, 6) is 0.779. The predicted octanol–water partition coefficient (Wildman–Crippen LogP) is 3.78. The summed E-state index contributed by atoms with van der Waals surface area (Å²) in [6.45, 7) is 0.434. The van der Waals surface area contributed by atoms with Crippen LogP contribution in [0.25, 0.3) is 22.4 Å². The van der Waals surface area contributed by atoms with Crippen molar-refractivity contribution < 1.29 is 14.3 Å². The molecule has 1 N–H and O–H groups in total. The molecule has 0 radical (unpaired) electrons. The van der Waals surface area contributed by atoms with E-state index < -0.39 is 0 Å². The van der Waals surface area contributed by atoms with Crippen molar-refractivity contribution in [3.8, 4) is 22.8 Å². The maximum Gasteiger partial charge on any atom is 0.220 e. The Morgan fingerprint density at radius 3 is 2.49 bits per heavy atom. The van der Waals surface area contributed by atoms with E-state index in [0.717, 1.165) is 5.56 Å². The number of nitrogens with zero attached hydrogens (tertiary/aromatic N) is 6. The second-order valence-electron chi connectivity index (χ2n) is 8.34. The van der Waals surface area contributed by atoms with E-state index in [9.17, 15) is 4.79 Å². The summed E-state index contributed by atoms with van der Waals surface area (Å²) in [7, 11) is 4.85. The molecule has 5 rings (SSSR count). The topological polar surface area (TPSA) is 108 Å². The summed E-state index contributed by atoms with van der Waals surface area (Å²) in [5, 5.41) is 7.75. The maximum absolute atomic E-state index is 11.9. The second kappa shape index (κ2) is 11.0. The highest BCUT2D eigenvalue weighted by atomic mass is 35.5. The molecule has 3 aromatic heterocycles. The fourth-order valence-electron chi connectivity index (χ4n) is 4.15. The van der Waals surface area contributed by atoms with Crippen LogP contribution in [0.5, 0.6) is 11.5 Å². The smallest absolute Gasteiger partial charge is 0.220 e. The Morgan fingerprint density at radius 2 is 1.89 bits per heavy atom. The van der Waals surface area contributed by atoms with Gasteiger partial charge in [-0.2, -0.15) is 18.6 Å². The highest BCUT2D eigenvalue weighted by molar-refractivity contribution is 7.59. The molecule has 13 heteroatoms. The van der Waals surface area contributed by atoms with Crippen molar-refractivity contribution in [3.63, 3.8) is 0 Å². The van der Waals surface area contributed by atoms with E-state index in [4.69, 9.17) is 42.7 Å². The number of carbonyl (C=O) groups is 1. The Bertz CT molecular complexity index is 1530. The molecular formula is C24H25Cl2N7O3S. The lowest BCUT2D eigenvalue weighted by Gasteiger charge is -2.17. The predicted molar refractivity (Wildman–Crippen MR) is 146 cm³/mol. The van der Waals surface area contributed by atoms with Gasteiger partial charge in [0.15, 0.2) is 5.65 Å². The van der Waals surface area contributed by atoms with E-state index in [1.807, 2.05) is 29.9 Å². The number of carbonyl (C=O) groups excluding carboxylic acids is 1. The summed E-state index contributed by atoms with van der Waals surface area (Å²) < 4.78 is 14.4. The molecule has 0 spiro atoms. The minimum atomic E-state index is -0.0864. The van der Waals surface area contributed by atoms with E-state index in [2.05, 4.69) is 15.4 Å². The average Bonchev–Trinajstić information content (AvgIpc) is 3.50. The molecule has 10 nitrogen and oxygen atoms in total. The number of hydrogen-bond donors (Lipinski definition) is 1. The standard InChI is InChI=1S/C24H23Cl2N7O3.H2S/c1-32-11-13(9-28-32)16-10-27-15-5-6-19(33(24(15)30-16)12-14-4-7-20(34)29-14)31-23-21(25)17(35-2)8-18(36-3)22(23)26;/h5-6,8-11,14H,4,7,12H2,1-3H3,(H,29,34);1H2. The Balaban J connectivity index is 0.00000320. The molecule has 4 aromatic rings. The Morgan fingerprint density at radius 1 is 1.16 bits per heavy atom. The first-order valence-electron chi connectivity index (χ1n) is 11.2. The average molecular weight is 562 g/mol. The highest BCUT2D eigenvalue weighted by Crippen LogP contribution is 2.45. The molecule has 1 fully saturated rings. The fourth-order valence-corrected chi connectivity index (χ4v) is 4.73. The number of benzene rings is 1. The van der Waals surface area contributed by atoms with Crippen LogP contribution in [-0.4, -0.2) is 50.5 Å².